The van der Waals surface area contributed by atoms with E-state index < -0.39 is 11.5 Å². The highest BCUT2D eigenvalue weighted by Crippen LogP contribution is 2.41. The minimum Gasteiger partial charge on any atom is -0.465 e. The number of aliphatic hydroxyl groups excluding tert-OH is 1. The maximum absolute atomic E-state index is 12.0. The van der Waals surface area contributed by atoms with Crippen LogP contribution < -0.4 is 0 Å². The number of ether oxygens (including phenoxy) is 1. The average molecular weight is 293 g/mol. The Morgan fingerprint density at radius 3 is 2.88 bits per heavy atom. The molecule has 0 aromatic heterocycles. The van der Waals surface area contributed by atoms with Crippen molar-refractivity contribution < 1.29 is 14.6 Å². The Hall–Kier alpha value is -0.0900. The molecule has 4 heteroatoms. The van der Waals surface area contributed by atoms with Gasteiger partial charge < -0.3 is 9.84 Å². The van der Waals surface area contributed by atoms with E-state index >= 15 is 0 Å². The summed E-state index contributed by atoms with van der Waals surface area (Å²) >= 11 is 3.37. The van der Waals surface area contributed by atoms with Gasteiger partial charge in [-0.2, -0.15) is 0 Å². The largest absolute Gasteiger partial charge is 0.465 e. The smallest absolute Gasteiger partial charge is 0.314 e. The Labute approximate surface area is 106 Å². The van der Waals surface area contributed by atoms with Crippen molar-refractivity contribution in [2.75, 3.05) is 11.9 Å². The summed E-state index contributed by atoms with van der Waals surface area (Å²) in [6.45, 7) is 2.20. The normalized spacial score (nSPS) is 30.1. The molecule has 0 spiro atoms. The Balaban J connectivity index is 2.76. The molecule has 0 unspecified atom stereocenters. The lowest BCUT2D eigenvalue weighted by Crippen LogP contribution is -2.46. The molecule has 0 saturated heterocycles. The fourth-order valence-corrected chi connectivity index (χ4v) is 2.79. The molecule has 16 heavy (non-hydrogen) atoms. The van der Waals surface area contributed by atoms with Gasteiger partial charge in [0.15, 0.2) is 0 Å². The number of hydrogen-bond acceptors (Lipinski definition) is 3. The summed E-state index contributed by atoms with van der Waals surface area (Å²) < 4.78 is 5.14. The van der Waals surface area contributed by atoms with Gasteiger partial charge in [-0.3, -0.25) is 4.79 Å². The lowest BCUT2D eigenvalue weighted by Gasteiger charge is -2.39. The quantitative estimate of drug-likeness (QED) is 0.626. The maximum atomic E-state index is 12.0. The summed E-state index contributed by atoms with van der Waals surface area (Å²) in [6, 6.07) is 0. The van der Waals surface area contributed by atoms with Gasteiger partial charge in [0.05, 0.1) is 18.1 Å². The predicted octanol–water partition coefficient (Wildman–Crippen LogP) is 2.65. The molecule has 0 aliphatic heterocycles. The van der Waals surface area contributed by atoms with Gasteiger partial charge in [-0.25, -0.2) is 0 Å². The first-order valence-electron chi connectivity index (χ1n) is 6.08. The second kappa shape index (κ2) is 6.60. The Kier molecular flexibility index (Phi) is 5.76. The van der Waals surface area contributed by atoms with Gasteiger partial charge in [0.1, 0.15) is 0 Å². The van der Waals surface area contributed by atoms with E-state index in [2.05, 4.69) is 15.9 Å². The fourth-order valence-electron chi connectivity index (χ4n) is 2.51. The van der Waals surface area contributed by atoms with Gasteiger partial charge in [0.25, 0.3) is 0 Å². The zero-order valence-corrected chi connectivity index (χ0v) is 11.5. The van der Waals surface area contributed by atoms with E-state index in [4.69, 9.17) is 4.74 Å². The molecule has 1 aliphatic carbocycles. The number of carbonyl (C=O) groups excluding carboxylic acids is 1. The molecule has 0 aromatic carbocycles. The summed E-state index contributed by atoms with van der Waals surface area (Å²) in [7, 11) is 0. The number of esters is 1. The molecule has 1 rings (SSSR count). The zero-order chi connectivity index (χ0) is 12.0. The number of hydrogen-bond donors (Lipinski definition) is 1. The van der Waals surface area contributed by atoms with E-state index in [0.717, 1.165) is 43.9 Å². The predicted molar refractivity (Wildman–Crippen MR) is 66.6 cm³/mol. The minimum atomic E-state index is -0.637. The zero-order valence-electron chi connectivity index (χ0n) is 9.88. The van der Waals surface area contributed by atoms with Gasteiger partial charge in [0, 0.05) is 5.33 Å². The highest BCUT2D eigenvalue weighted by molar-refractivity contribution is 9.09. The van der Waals surface area contributed by atoms with E-state index in [0.29, 0.717) is 6.61 Å². The van der Waals surface area contributed by atoms with Crippen molar-refractivity contribution in [3.05, 3.63) is 0 Å². The van der Waals surface area contributed by atoms with Crippen LogP contribution in [0.1, 0.15) is 45.4 Å². The SMILES string of the molecule is CCOC(=O)[C@]1(CCCBr)CCCC[C@H]1O. The molecule has 3 nitrogen and oxygen atoms in total. The molecular formula is C12H21BrO3. The number of rotatable bonds is 5. The van der Waals surface area contributed by atoms with Gasteiger partial charge in [0.2, 0.25) is 0 Å². The van der Waals surface area contributed by atoms with E-state index in [-0.39, 0.29) is 5.97 Å². The Bertz CT molecular complexity index is 232. The Morgan fingerprint density at radius 1 is 1.56 bits per heavy atom. The van der Waals surface area contributed by atoms with Crippen LogP contribution in [-0.4, -0.2) is 29.1 Å². The van der Waals surface area contributed by atoms with Crippen LogP contribution in [0.4, 0.5) is 0 Å². The molecule has 94 valence electrons. The van der Waals surface area contributed by atoms with Crippen LogP contribution in [0.2, 0.25) is 0 Å². The van der Waals surface area contributed by atoms with Gasteiger partial charge in [-0.05, 0) is 32.6 Å². The van der Waals surface area contributed by atoms with E-state index in [1.54, 1.807) is 0 Å². The molecular weight excluding hydrogens is 272 g/mol. The first-order valence-corrected chi connectivity index (χ1v) is 7.20. The molecule has 1 saturated carbocycles. The molecule has 1 fully saturated rings. The van der Waals surface area contributed by atoms with Gasteiger partial charge in [-0.15, -0.1) is 0 Å². The van der Waals surface area contributed by atoms with E-state index in [1.807, 2.05) is 6.92 Å². The number of carbonyl (C=O) groups is 1. The van der Waals surface area contributed by atoms with Crippen molar-refractivity contribution in [3.8, 4) is 0 Å². The number of aliphatic hydroxyl groups is 1. The molecule has 0 heterocycles. The Morgan fingerprint density at radius 2 is 2.31 bits per heavy atom. The van der Waals surface area contributed by atoms with Crippen molar-refractivity contribution in [1.29, 1.82) is 0 Å². The van der Waals surface area contributed by atoms with Crippen molar-refractivity contribution in [1.82, 2.24) is 0 Å². The third-order valence-corrected chi connectivity index (χ3v) is 3.99. The van der Waals surface area contributed by atoms with E-state index in [1.165, 1.54) is 0 Å². The highest BCUT2D eigenvalue weighted by atomic mass is 79.9. The molecule has 1 N–H and O–H groups in total. The standard InChI is InChI=1S/C12H21BrO3/c1-2-16-11(15)12(8-5-9-13)7-4-3-6-10(12)14/h10,14H,2-9H2,1H3/t10-,12+/m1/s1. The van der Waals surface area contributed by atoms with Crippen LogP contribution in [-0.2, 0) is 9.53 Å². The van der Waals surface area contributed by atoms with Crippen molar-refractivity contribution in [3.63, 3.8) is 0 Å². The molecule has 0 amide bonds. The van der Waals surface area contributed by atoms with Crippen LogP contribution in [0.5, 0.6) is 0 Å². The first kappa shape index (κ1) is 14.0. The third-order valence-electron chi connectivity index (χ3n) is 3.43. The molecule has 0 bridgehead atoms. The van der Waals surface area contributed by atoms with E-state index in [9.17, 15) is 9.90 Å². The molecule has 2 atom stereocenters. The van der Waals surface area contributed by atoms with Crippen LogP contribution in [0.3, 0.4) is 0 Å². The third kappa shape index (κ3) is 2.98. The summed E-state index contributed by atoms with van der Waals surface area (Å²) in [4.78, 5) is 12.0. The second-order valence-electron chi connectivity index (χ2n) is 4.43. The van der Waals surface area contributed by atoms with Crippen molar-refractivity contribution in [2.24, 2.45) is 5.41 Å². The average Bonchev–Trinajstić information content (AvgIpc) is 2.28. The molecule has 0 aromatic rings. The summed E-state index contributed by atoms with van der Waals surface area (Å²) in [5.74, 6) is -0.205. The topological polar surface area (TPSA) is 46.5 Å². The first-order chi connectivity index (χ1) is 7.67. The fraction of sp³-hybridized carbons (Fsp3) is 0.917. The number of alkyl halides is 1. The summed E-state index contributed by atoms with van der Waals surface area (Å²) in [5, 5.41) is 11.0. The van der Waals surface area contributed by atoms with Crippen LogP contribution in [0.25, 0.3) is 0 Å². The number of halogens is 1. The lowest BCUT2D eigenvalue weighted by molar-refractivity contribution is -0.167. The summed E-state index contributed by atoms with van der Waals surface area (Å²) in [6.07, 6.45) is 4.60. The van der Waals surface area contributed by atoms with Crippen LogP contribution >= 0.6 is 15.9 Å². The maximum Gasteiger partial charge on any atom is 0.314 e. The minimum absolute atomic E-state index is 0.205. The van der Waals surface area contributed by atoms with Gasteiger partial charge >= 0.3 is 5.97 Å². The monoisotopic (exact) mass is 292 g/mol. The van der Waals surface area contributed by atoms with Crippen molar-refractivity contribution >= 4 is 21.9 Å². The van der Waals surface area contributed by atoms with Crippen LogP contribution in [0.15, 0.2) is 0 Å². The van der Waals surface area contributed by atoms with Crippen molar-refractivity contribution in [2.45, 2.75) is 51.6 Å². The van der Waals surface area contributed by atoms with Gasteiger partial charge in [-0.1, -0.05) is 28.8 Å². The second-order valence-corrected chi connectivity index (χ2v) is 5.22. The molecule has 1 aliphatic rings. The van der Waals surface area contributed by atoms with Crippen LogP contribution in [0, 0.1) is 5.41 Å². The molecule has 0 radical (unpaired) electrons. The highest BCUT2D eigenvalue weighted by Gasteiger charge is 2.46. The lowest BCUT2D eigenvalue weighted by atomic mass is 9.69. The summed E-state index contributed by atoms with van der Waals surface area (Å²) in [5.41, 5.74) is -0.637.